The van der Waals surface area contributed by atoms with E-state index in [-0.39, 0.29) is 18.0 Å². The Hall–Kier alpha value is -1.85. The van der Waals surface area contributed by atoms with E-state index in [1.165, 1.54) is 12.4 Å². The van der Waals surface area contributed by atoms with Gasteiger partial charge in [-0.05, 0) is 25.7 Å². The maximum atomic E-state index is 11.3. The first-order valence-corrected chi connectivity index (χ1v) is 6.20. The van der Waals surface area contributed by atoms with Crippen LogP contribution in [-0.4, -0.2) is 33.6 Å². The molecule has 1 fully saturated rings. The molecule has 0 radical (unpaired) electrons. The SMILES string of the molecule is O=C(O)CCC1CCCCN1c1cc(=O)[nH]cn1. The van der Waals surface area contributed by atoms with Crippen molar-refractivity contribution in [1.29, 1.82) is 0 Å². The first kappa shape index (κ1) is 12.6. The molecule has 0 amide bonds. The topological polar surface area (TPSA) is 86.3 Å². The number of anilines is 1. The summed E-state index contributed by atoms with van der Waals surface area (Å²) in [4.78, 5) is 30.6. The van der Waals surface area contributed by atoms with E-state index in [9.17, 15) is 9.59 Å². The number of rotatable bonds is 4. The summed E-state index contributed by atoms with van der Waals surface area (Å²) in [6, 6.07) is 1.64. The second-order valence-electron chi connectivity index (χ2n) is 4.54. The van der Waals surface area contributed by atoms with Crippen molar-refractivity contribution in [2.45, 2.75) is 38.1 Å². The summed E-state index contributed by atoms with van der Waals surface area (Å²) >= 11 is 0. The molecular formula is C12H17N3O3. The van der Waals surface area contributed by atoms with Gasteiger partial charge in [0.1, 0.15) is 5.82 Å². The van der Waals surface area contributed by atoms with E-state index < -0.39 is 5.97 Å². The fourth-order valence-electron chi connectivity index (χ4n) is 2.41. The Bertz CT molecular complexity index is 472. The number of nitrogens with one attached hydrogen (secondary N) is 1. The standard InChI is InChI=1S/C12H17N3O3/c16-11-7-10(13-8-14-11)15-6-2-1-3-9(15)4-5-12(17)18/h7-9H,1-6H2,(H,17,18)(H,13,14,16). The number of hydrogen-bond donors (Lipinski definition) is 2. The van der Waals surface area contributed by atoms with Crippen LogP contribution >= 0.6 is 0 Å². The van der Waals surface area contributed by atoms with Crippen LogP contribution in [0, 0.1) is 0 Å². The Balaban J connectivity index is 2.12. The number of piperidine rings is 1. The predicted octanol–water partition coefficient (Wildman–Crippen LogP) is 0.994. The number of carboxylic acid groups (broad SMARTS) is 1. The molecule has 1 aromatic rings. The molecule has 2 heterocycles. The normalized spacial score (nSPS) is 19.8. The molecule has 0 bridgehead atoms. The highest BCUT2D eigenvalue weighted by Gasteiger charge is 2.24. The zero-order valence-corrected chi connectivity index (χ0v) is 10.1. The summed E-state index contributed by atoms with van der Waals surface area (Å²) in [5, 5.41) is 8.76. The lowest BCUT2D eigenvalue weighted by molar-refractivity contribution is -0.137. The summed E-state index contributed by atoms with van der Waals surface area (Å²) < 4.78 is 0. The number of hydrogen-bond acceptors (Lipinski definition) is 4. The first-order valence-electron chi connectivity index (χ1n) is 6.20. The molecular weight excluding hydrogens is 234 g/mol. The quantitative estimate of drug-likeness (QED) is 0.833. The summed E-state index contributed by atoms with van der Waals surface area (Å²) in [5.74, 6) is -0.131. The van der Waals surface area contributed by atoms with Crippen molar-refractivity contribution in [3.05, 3.63) is 22.7 Å². The van der Waals surface area contributed by atoms with Crippen molar-refractivity contribution in [2.24, 2.45) is 0 Å². The second-order valence-corrected chi connectivity index (χ2v) is 4.54. The van der Waals surface area contributed by atoms with Crippen LogP contribution in [0.2, 0.25) is 0 Å². The van der Waals surface area contributed by atoms with Crippen LogP contribution in [-0.2, 0) is 4.79 Å². The number of nitrogens with zero attached hydrogens (tertiary/aromatic N) is 2. The molecule has 2 N–H and O–H groups in total. The molecule has 1 saturated heterocycles. The number of carboxylic acids is 1. The van der Waals surface area contributed by atoms with Gasteiger partial charge < -0.3 is 15.0 Å². The minimum atomic E-state index is -0.778. The van der Waals surface area contributed by atoms with Gasteiger partial charge in [0.2, 0.25) is 0 Å². The van der Waals surface area contributed by atoms with Crippen LogP contribution in [0.1, 0.15) is 32.1 Å². The van der Waals surface area contributed by atoms with E-state index in [0.717, 1.165) is 25.8 Å². The average Bonchev–Trinajstić information content (AvgIpc) is 2.36. The van der Waals surface area contributed by atoms with E-state index in [4.69, 9.17) is 5.11 Å². The lowest BCUT2D eigenvalue weighted by atomic mass is 9.98. The Morgan fingerprint density at radius 3 is 3.11 bits per heavy atom. The Morgan fingerprint density at radius 1 is 1.56 bits per heavy atom. The highest BCUT2D eigenvalue weighted by atomic mass is 16.4. The largest absolute Gasteiger partial charge is 0.481 e. The number of aromatic nitrogens is 2. The Morgan fingerprint density at radius 2 is 2.39 bits per heavy atom. The lowest BCUT2D eigenvalue weighted by Crippen LogP contribution is -2.40. The minimum absolute atomic E-state index is 0.157. The van der Waals surface area contributed by atoms with Gasteiger partial charge in [-0.2, -0.15) is 0 Å². The van der Waals surface area contributed by atoms with Gasteiger partial charge in [-0.1, -0.05) is 0 Å². The van der Waals surface area contributed by atoms with Gasteiger partial charge in [0.15, 0.2) is 0 Å². The molecule has 1 aliphatic heterocycles. The highest BCUT2D eigenvalue weighted by Crippen LogP contribution is 2.24. The summed E-state index contributed by atoms with van der Waals surface area (Å²) in [6.45, 7) is 0.834. The van der Waals surface area contributed by atoms with Gasteiger partial charge in [0.05, 0.1) is 6.33 Å². The van der Waals surface area contributed by atoms with E-state index in [0.29, 0.717) is 12.2 Å². The van der Waals surface area contributed by atoms with Crippen molar-refractivity contribution in [2.75, 3.05) is 11.4 Å². The van der Waals surface area contributed by atoms with Crippen molar-refractivity contribution in [3.8, 4) is 0 Å². The van der Waals surface area contributed by atoms with Crippen molar-refractivity contribution in [1.82, 2.24) is 9.97 Å². The number of carbonyl (C=O) groups is 1. The molecule has 0 aliphatic carbocycles. The molecule has 1 aromatic heterocycles. The van der Waals surface area contributed by atoms with E-state index in [1.54, 1.807) is 0 Å². The number of H-pyrrole nitrogens is 1. The Labute approximate surface area is 105 Å². The summed E-state index contributed by atoms with van der Waals surface area (Å²) in [6.07, 6.45) is 5.26. The van der Waals surface area contributed by atoms with Crippen LogP contribution in [0.5, 0.6) is 0 Å². The molecule has 6 heteroatoms. The maximum absolute atomic E-state index is 11.3. The number of aromatic amines is 1. The molecule has 2 rings (SSSR count). The summed E-state index contributed by atoms with van der Waals surface area (Å²) in [5.41, 5.74) is -0.178. The van der Waals surface area contributed by atoms with Crippen LogP contribution in [0.3, 0.4) is 0 Å². The fourth-order valence-corrected chi connectivity index (χ4v) is 2.41. The molecule has 0 aromatic carbocycles. The zero-order valence-electron chi connectivity index (χ0n) is 10.1. The molecule has 1 unspecified atom stereocenters. The Kier molecular flexibility index (Phi) is 3.96. The van der Waals surface area contributed by atoms with Crippen molar-refractivity contribution < 1.29 is 9.90 Å². The maximum Gasteiger partial charge on any atom is 0.303 e. The average molecular weight is 251 g/mol. The fraction of sp³-hybridized carbons (Fsp3) is 0.583. The predicted molar refractivity (Wildman–Crippen MR) is 66.7 cm³/mol. The van der Waals surface area contributed by atoms with Crippen LogP contribution in [0.15, 0.2) is 17.2 Å². The van der Waals surface area contributed by atoms with Gasteiger partial charge in [0, 0.05) is 25.1 Å². The minimum Gasteiger partial charge on any atom is -0.481 e. The molecule has 98 valence electrons. The third-order valence-corrected chi connectivity index (χ3v) is 3.28. The van der Waals surface area contributed by atoms with Gasteiger partial charge in [0.25, 0.3) is 5.56 Å². The lowest BCUT2D eigenvalue weighted by Gasteiger charge is -2.36. The molecule has 0 spiro atoms. The first-order chi connectivity index (χ1) is 8.66. The molecule has 1 atom stereocenters. The van der Waals surface area contributed by atoms with E-state index in [2.05, 4.69) is 14.9 Å². The van der Waals surface area contributed by atoms with Crippen molar-refractivity contribution >= 4 is 11.8 Å². The molecule has 6 nitrogen and oxygen atoms in total. The molecule has 0 saturated carbocycles. The molecule has 18 heavy (non-hydrogen) atoms. The number of aliphatic carboxylic acids is 1. The van der Waals surface area contributed by atoms with Gasteiger partial charge in [-0.3, -0.25) is 9.59 Å². The van der Waals surface area contributed by atoms with Crippen LogP contribution < -0.4 is 10.5 Å². The highest BCUT2D eigenvalue weighted by molar-refractivity contribution is 5.66. The zero-order chi connectivity index (χ0) is 13.0. The van der Waals surface area contributed by atoms with Crippen LogP contribution in [0.25, 0.3) is 0 Å². The van der Waals surface area contributed by atoms with Crippen molar-refractivity contribution in [3.63, 3.8) is 0 Å². The third kappa shape index (κ3) is 3.09. The third-order valence-electron chi connectivity index (χ3n) is 3.28. The molecule has 1 aliphatic rings. The van der Waals surface area contributed by atoms with Gasteiger partial charge >= 0.3 is 5.97 Å². The van der Waals surface area contributed by atoms with E-state index >= 15 is 0 Å². The van der Waals surface area contributed by atoms with E-state index in [1.807, 2.05) is 0 Å². The van der Waals surface area contributed by atoms with Gasteiger partial charge in [-0.25, -0.2) is 4.98 Å². The van der Waals surface area contributed by atoms with Crippen LogP contribution in [0.4, 0.5) is 5.82 Å². The monoisotopic (exact) mass is 251 g/mol. The van der Waals surface area contributed by atoms with Gasteiger partial charge in [-0.15, -0.1) is 0 Å². The summed E-state index contributed by atoms with van der Waals surface area (Å²) in [7, 11) is 0. The second kappa shape index (κ2) is 5.66. The smallest absolute Gasteiger partial charge is 0.303 e.